The Kier molecular flexibility index (Phi) is 6.13. The van der Waals surface area contributed by atoms with Crippen molar-refractivity contribution < 1.29 is 23.5 Å². The molecule has 2 heterocycles. The fourth-order valence-electron chi connectivity index (χ4n) is 2.88. The number of esters is 1. The molecule has 1 aromatic heterocycles. The molecule has 0 aliphatic carbocycles. The molecule has 1 N–H and O–H groups in total. The first-order valence-electron chi connectivity index (χ1n) is 8.57. The van der Waals surface area contributed by atoms with Crippen LogP contribution in [-0.4, -0.2) is 41.9 Å². The van der Waals surface area contributed by atoms with E-state index in [1.165, 1.54) is 11.2 Å². The van der Waals surface area contributed by atoms with E-state index in [0.717, 1.165) is 5.56 Å². The lowest BCUT2D eigenvalue weighted by Crippen LogP contribution is -2.42. The highest BCUT2D eigenvalue weighted by molar-refractivity contribution is 6.30. The summed E-state index contributed by atoms with van der Waals surface area (Å²) in [6, 6.07) is 9.51. The number of halogens is 1. The summed E-state index contributed by atoms with van der Waals surface area (Å²) in [6.07, 6.45) is 2.59. The molecule has 1 saturated heterocycles. The van der Waals surface area contributed by atoms with Crippen molar-refractivity contribution >= 4 is 29.4 Å². The number of hydrogen-bond acceptors (Lipinski definition) is 5. The van der Waals surface area contributed by atoms with Crippen LogP contribution in [0.15, 0.2) is 47.1 Å². The van der Waals surface area contributed by atoms with E-state index in [0.29, 0.717) is 31.0 Å². The molecule has 1 unspecified atom stereocenters. The van der Waals surface area contributed by atoms with Crippen LogP contribution in [0.2, 0.25) is 5.02 Å². The van der Waals surface area contributed by atoms with Crippen molar-refractivity contribution in [3.8, 4) is 0 Å². The first-order chi connectivity index (χ1) is 13.0. The van der Waals surface area contributed by atoms with Crippen LogP contribution in [-0.2, 0) is 20.9 Å². The van der Waals surface area contributed by atoms with Crippen LogP contribution < -0.4 is 5.32 Å². The van der Waals surface area contributed by atoms with Crippen LogP contribution in [0.25, 0.3) is 0 Å². The summed E-state index contributed by atoms with van der Waals surface area (Å²) in [5.41, 5.74) is 0.880. The van der Waals surface area contributed by atoms with Crippen molar-refractivity contribution in [1.29, 1.82) is 0 Å². The predicted molar refractivity (Wildman–Crippen MR) is 97.0 cm³/mol. The molecule has 0 radical (unpaired) electrons. The number of ether oxygens (including phenoxy) is 1. The third-order valence-corrected chi connectivity index (χ3v) is 4.52. The predicted octanol–water partition coefficient (Wildman–Crippen LogP) is 2.40. The summed E-state index contributed by atoms with van der Waals surface area (Å²) in [6.45, 7) is 0.355. The quantitative estimate of drug-likeness (QED) is 0.765. The van der Waals surface area contributed by atoms with Crippen molar-refractivity contribution in [2.45, 2.75) is 25.4 Å². The van der Waals surface area contributed by atoms with E-state index in [1.807, 2.05) is 0 Å². The van der Waals surface area contributed by atoms with Gasteiger partial charge in [0.05, 0.1) is 6.26 Å². The van der Waals surface area contributed by atoms with Crippen molar-refractivity contribution in [2.75, 3.05) is 13.2 Å². The monoisotopic (exact) mass is 390 g/mol. The van der Waals surface area contributed by atoms with Gasteiger partial charge >= 0.3 is 5.97 Å². The molecule has 142 valence electrons. The van der Waals surface area contributed by atoms with Gasteiger partial charge in [-0.25, -0.2) is 4.79 Å². The minimum Gasteiger partial charge on any atom is -0.459 e. The van der Waals surface area contributed by atoms with E-state index >= 15 is 0 Å². The third-order valence-electron chi connectivity index (χ3n) is 4.27. The van der Waals surface area contributed by atoms with Gasteiger partial charge < -0.3 is 19.4 Å². The maximum absolute atomic E-state index is 12.4. The second-order valence-corrected chi connectivity index (χ2v) is 6.58. The Bertz CT molecular complexity index is 804. The fraction of sp³-hybridized carbons (Fsp3) is 0.316. The molecule has 1 fully saturated rings. The molecule has 0 spiro atoms. The Balaban J connectivity index is 1.47. The highest BCUT2D eigenvalue weighted by Gasteiger charge is 2.36. The Morgan fingerprint density at radius 2 is 2.00 bits per heavy atom. The first-order valence-corrected chi connectivity index (χ1v) is 8.94. The van der Waals surface area contributed by atoms with Gasteiger partial charge in [0.25, 0.3) is 11.8 Å². The van der Waals surface area contributed by atoms with Crippen LogP contribution in [0.3, 0.4) is 0 Å². The number of rotatable bonds is 6. The van der Waals surface area contributed by atoms with Crippen LogP contribution in [0.4, 0.5) is 0 Å². The summed E-state index contributed by atoms with van der Waals surface area (Å²) in [4.78, 5) is 38.0. The van der Waals surface area contributed by atoms with E-state index in [-0.39, 0.29) is 11.7 Å². The highest BCUT2D eigenvalue weighted by Crippen LogP contribution is 2.21. The molecule has 2 aromatic rings. The van der Waals surface area contributed by atoms with Gasteiger partial charge in [0.2, 0.25) is 0 Å². The van der Waals surface area contributed by atoms with Crippen molar-refractivity contribution in [3.05, 3.63) is 59.0 Å². The SMILES string of the molecule is O=C(COC(=O)C1CCCN1C(=O)c1ccco1)NCc1ccc(Cl)cc1. The summed E-state index contributed by atoms with van der Waals surface area (Å²) in [7, 11) is 0. The van der Waals surface area contributed by atoms with Gasteiger partial charge in [0, 0.05) is 18.1 Å². The zero-order chi connectivity index (χ0) is 19.2. The van der Waals surface area contributed by atoms with E-state index in [4.69, 9.17) is 20.8 Å². The Hall–Kier alpha value is -2.80. The number of amides is 2. The molecule has 27 heavy (non-hydrogen) atoms. The normalized spacial score (nSPS) is 16.2. The number of benzene rings is 1. The van der Waals surface area contributed by atoms with Crippen molar-refractivity contribution in [3.63, 3.8) is 0 Å². The van der Waals surface area contributed by atoms with Gasteiger partial charge in [0.15, 0.2) is 12.4 Å². The summed E-state index contributed by atoms with van der Waals surface area (Å²) < 4.78 is 10.2. The standard InChI is InChI=1S/C19H19ClN2O5/c20-14-7-5-13(6-8-14)11-21-17(23)12-27-19(25)15-3-1-9-22(15)18(24)16-4-2-10-26-16/h2,4-8,10,15H,1,3,9,11-12H2,(H,21,23). The van der Waals surface area contributed by atoms with Crippen LogP contribution >= 0.6 is 11.6 Å². The molecule has 1 atom stereocenters. The minimum atomic E-state index is -0.702. The average molecular weight is 391 g/mol. The maximum atomic E-state index is 12.4. The molecule has 1 aromatic carbocycles. The zero-order valence-corrected chi connectivity index (χ0v) is 15.3. The van der Waals surface area contributed by atoms with Crippen molar-refractivity contribution in [1.82, 2.24) is 10.2 Å². The largest absolute Gasteiger partial charge is 0.459 e. The van der Waals surface area contributed by atoms with Gasteiger partial charge in [0.1, 0.15) is 6.04 Å². The Morgan fingerprint density at radius 1 is 1.22 bits per heavy atom. The molecule has 0 bridgehead atoms. The van der Waals surface area contributed by atoms with Gasteiger partial charge in [-0.3, -0.25) is 9.59 Å². The van der Waals surface area contributed by atoms with E-state index in [2.05, 4.69) is 5.32 Å². The molecule has 1 aliphatic heterocycles. The van der Waals surface area contributed by atoms with Gasteiger partial charge in [-0.1, -0.05) is 23.7 Å². The highest BCUT2D eigenvalue weighted by atomic mass is 35.5. The number of furan rings is 1. The molecule has 1 aliphatic rings. The summed E-state index contributed by atoms with van der Waals surface area (Å²) in [5.74, 6) is -1.18. The molecule has 2 amide bonds. The lowest BCUT2D eigenvalue weighted by atomic mass is 10.2. The number of carbonyl (C=O) groups is 3. The topological polar surface area (TPSA) is 88.9 Å². The second-order valence-electron chi connectivity index (χ2n) is 6.14. The van der Waals surface area contributed by atoms with Crippen LogP contribution in [0, 0.1) is 0 Å². The molecular weight excluding hydrogens is 372 g/mol. The van der Waals surface area contributed by atoms with Crippen LogP contribution in [0.1, 0.15) is 29.0 Å². The smallest absolute Gasteiger partial charge is 0.329 e. The summed E-state index contributed by atoms with van der Waals surface area (Å²) >= 11 is 5.81. The fourth-order valence-corrected chi connectivity index (χ4v) is 3.01. The third kappa shape index (κ3) is 4.89. The maximum Gasteiger partial charge on any atom is 0.329 e. The molecule has 8 heteroatoms. The van der Waals surface area contributed by atoms with E-state index in [9.17, 15) is 14.4 Å². The molecule has 3 rings (SSSR count). The molecule has 7 nitrogen and oxygen atoms in total. The molecular formula is C19H19ClN2O5. The van der Waals surface area contributed by atoms with E-state index in [1.54, 1.807) is 36.4 Å². The Labute approximate surface area is 161 Å². The van der Waals surface area contributed by atoms with Gasteiger partial charge in [-0.2, -0.15) is 0 Å². The lowest BCUT2D eigenvalue weighted by molar-refractivity contribution is -0.152. The number of carbonyl (C=O) groups excluding carboxylic acids is 3. The zero-order valence-electron chi connectivity index (χ0n) is 14.5. The van der Waals surface area contributed by atoms with Crippen molar-refractivity contribution in [2.24, 2.45) is 0 Å². The first kappa shape index (κ1) is 19.0. The second kappa shape index (κ2) is 8.73. The lowest BCUT2D eigenvalue weighted by Gasteiger charge is -2.22. The minimum absolute atomic E-state index is 0.176. The Morgan fingerprint density at radius 3 is 2.70 bits per heavy atom. The number of nitrogens with zero attached hydrogens (tertiary/aromatic N) is 1. The average Bonchev–Trinajstić information content (AvgIpc) is 3.37. The number of nitrogens with one attached hydrogen (secondary N) is 1. The van der Waals surface area contributed by atoms with E-state index < -0.39 is 24.5 Å². The number of hydrogen-bond donors (Lipinski definition) is 1. The summed E-state index contributed by atoms with van der Waals surface area (Å²) in [5, 5.41) is 3.28. The van der Waals surface area contributed by atoms with Crippen LogP contribution in [0.5, 0.6) is 0 Å². The molecule has 0 saturated carbocycles. The number of likely N-dealkylation sites (tertiary alicyclic amines) is 1. The van der Waals surface area contributed by atoms with Gasteiger partial charge in [-0.05, 0) is 42.7 Å². The van der Waals surface area contributed by atoms with Gasteiger partial charge in [-0.15, -0.1) is 0 Å².